The van der Waals surface area contributed by atoms with Crippen molar-refractivity contribution in [3.8, 4) is 0 Å². The van der Waals surface area contributed by atoms with E-state index in [1.54, 1.807) is 6.20 Å². The fourth-order valence-corrected chi connectivity index (χ4v) is 3.53. The fraction of sp³-hybridized carbons (Fsp3) is 0.353. The van der Waals surface area contributed by atoms with Gasteiger partial charge >= 0.3 is 0 Å². The maximum absolute atomic E-state index is 12.0. The molecule has 25 heavy (non-hydrogen) atoms. The van der Waals surface area contributed by atoms with Gasteiger partial charge < -0.3 is 10.1 Å². The summed E-state index contributed by atoms with van der Waals surface area (Å²) in [5.41, 5.74) is 6.22. The molecule has 132 valence electrons. The number of carbonyl (C=O) groups excluding carboxylic acids is 1. The second-order valence-corrected chi connectivity index (χ2v) is 7.06. The lowest BCUT2D eigenvalue weighted by Crippen LogP contribution is -2.48. The van der Waals surface area contributed by atoms with Gasteiger partial charge in [0, 0.05) is 29.6 Å². The Morgan fingerprint density at radius 2 is 2.20 bits per heavy atom. The third-order valence-electron chi connectivity index (χ3n) is 3.78. The highest BCUT2D eigenvalue weighted by Gasteiger charge is 2.15. The van der Waals surface area contributed by atoms with Gasteiger partial charge in [0.2, 0.25) is 5.91 Å². The van der Waals surface area contributed by atoms with Crippen molar-refractivity contribution in [2.45, 2.75) is 23.8 Å². The van der Waals surface area contributed by atoms with Crippen LogP contribution in [0.15, 0.2) is 41.4 Å². The molecule has 1 aromatic heterocycles. The molecule has 0 radical (unpaired) electrons. The predicted molar refractivity (Wildman–Crippen MR) is 103 cm³/mol. The highest BCUT2D eigenvalue weighted by molar-refractivity contribution is 8.00. The SMILES string of the molecule is O=C(CSc1cccc2cccnc12)NNC(=S)NC[C@H]1CCCO1. The van der Waals surface area contributed by atoms with Crippen molar-refractivity contribution < 1.29 is 9.53 Å². The molecule has 2 heterocycles. The van der Waals surface area contributed by atoms with Gasteiger partial charge in [-0.05, 0) is 37.2 Å². The molecule has 0 spiro atoms. The van der Waals surface area contributed by atoms with Crippen molar-refractivity contribution in [2.24, 2.45) is 0 Å². The van der Waals surface area contributed by atoms with Crippen molar-refractivity contribution in [2.75, 3.05) is 18.9 Å². The van der Waals surface area contributed by atoms with Crippen molar-refractivity contribution in [3.63, 3.8) is 0 Å². The number of ether oxygens (including phenoxy) is 1. The summed E-state index contributed by atoms with van der Waals surface area (Å²) in [6.07, 6.45) is 4.08. The molecule has 0 bridgehead atoms. The van der Waals surface area contributed by atoms with Gasteiger partial charge in [0.05, 0.1) is 17.4 Å². The van der Waals surface area contributed by atoms with Crippen LogP contribution < -0.4 is 16.2 Å². The molecule has 1 saturated heterocycles. The number of aromatic nitrogens is 1. The lowest BCUT2D eigenvalue weighted by Gasteiger charge is -2.14. The van der Waals surface area contributed by atoms with Crippen LogP contribution in [-0.4, -0.2) is 41.0 Å². The number of nitrogens with zero attached hydrogens (tertiary/aromatic N) is 1. The lowest BCUT2D eigenvalue weighted by molar-refractivity contribution is -0.119. The first-order valence-electron chi connectivity index (χ1n) is 8.13. The van der Waals surface area contributed by atoms with Crippen molar-refractivity contribution >= 4 is 45.9 Å². The number of para-hydroxylation sites is 1. The minimum atomic E-state index is -0.154. The van der Waals surface area contributed by atoms with Crippen molar-refractivity contribution in [1.29, 1.82) is 0 Å². The number of nitrogens with one attached hydrogen (secondary N) is 3. The molecule has 0 saturated carbocycles. The van der Waals surface area contributed by atoms with Gasteiger partial charge in [-0.1, -0.05) is 18.2 Å². The van der Waals surface area contributed by atoms with E-state index in [2.05, 4.69) is 21.2 Å². The zero-order valence-corrected chi connectivity index (χ0v) is 15.3. The zero-order valence-electron chi connectivity index (χ0n) is 13.7. The Morgan fingerprint density at radius 3 is 3.04 bits per heavy atom. The topological polar surface area (TPSA) is 75.3 Å². The number of fused-ring (bicyclic) bond motifs is 1. The Hall–Kier alpha value is -1.90. The molecule has 1 aliphatic rings. The minimum absolute atomic E-state index is 0.154. The molecule has 1 amide bonds. The van der Waals surface area contributed by atoms with Gasteiger partial charge in [0.15, 0.2) is 5.11 Å². The number of rotatable bonds is 5. The number of hydrazine groups is 1. The number of thiocarbonyl (C=S) groups is 1. The first-order valence-corrected chi connectivity index (χ1v) is 9.52. The zero-order chi connectivity index (χ0) is 17.5. The van der Waals surface area contributed by atoms with Crippen LogP contribution in [0.3, 0.4) is 0 Å². The molecular weight excluding hydrogens is 356 g/mol. The van der Waals surface area contributed by atoms with E-state index in [1.807, 2.05) is 30.3 Å². The van der Waals surface area contributed by atoms with Crippen LogP contribution in [-0.2, 0) is 9.53 Å². The molecular formula is C17H20N4O2S2. The maximum Gasteiger partial charge on any atom is 0.248 e. The molecule has 6 nitrogen and oxygen atoms in total. The number of benzene rings is 1. The van der Waals surface area contributed by atoms with Crippen LogP contribution in [0, 0.1) is 0 Å². The Morgan fingerprint density at radius 1 is 1.32 bits per heavy atom. The third-order valence-corrected chi connectivity index (χ3v) is 5.08. The Bertz CT molecular complexity index is 745. The Labute approximate surface area is 156 Å². The summed E-state index contributed by atoms with van der Waals surface area (Å²) in [5.74, 6) is 0.121. The molecule has 3 rings (SSSR count). The Kier molecular flexibility index (Phi) is 6.43. The highest BCUT2D eigenvalue weighted by atomic mass is 32.2. The Balaban J connectivity index is 1.41. The summed E-state index contributed by atoms with van der Waals surface area (Å²) in [7, 11) is 0. The number of hydrogen-bond acceptors (Lipinski definition) is 5. The highest BCUT2D eigenvalue weighted by Crippen LogP contribution is 2.25. The first-order chi connectivity index (χ1) is 12.2. The van der Waals surface area contributed by atoms with Crippen molar-refractivity contribution in [3.05, 3.63) is 36.5 Å². The summed E-state index contributed by atoms with van der Waals surface area (Å²) in [5, 5.41) is 4.49. The summed E-state index contributed by atoms with van der Waals surface area (Å²) in [6.45, 7) is 1.46. The normalized spacial score (nSPS) is 16.6. The average Bonchev–Trinajstić information content (AvgIpc) is 3.16. The van der Waals surface area contributed by atoms with E-state index in [0.29, 0.717) is 11.7 Å². The summed E-state index contributed by atoms with van der Waals surface area (Å²) >= 11 is 6.58. The van der Waals surface area contributed by atoms with Crippen LogP contribution in [0.25, 0.3) is 10.9 Å². The molecule has 8 heteroatoms. The monoisotopic (exact) mass is 376 g/mol. The van der Waals surface area contributed by atoms with E-state index >= 15 is 0 Å². The van der Waals surface area contributed by atoms with Gasteiger partial charge in [-0.2, -0.15) is 0 Å². The molecule has 0 unspecified atom stereocenters. The standard InChI is InChI=1S/C17H20N4O2S2/c22-15(20-21-17(24)19-10-13-6-3-9-23-13)11-25-14-7-1-4-12-5-2-8-18-16(12)14/h1-2,4-5,7-8,13H,3,6,9-11H2,(H,20,22)(H2,19,21,24)/t13-/m1/s1. The van der Waals surface area contributed by atoms with E-state index in [9.17, 15) is 4.79 Å². The second-order valence-electron chi connectivity index (χ2n) is 5.64. The van der Waals surface area contributed by atoms with Crippen LogP contribution in [0.5, 0.6) is 0 Å². The molecule has 2 aromatic rings. The van der Waals surface area contributed by atoms with Gasteiger partial charge in [-0.25, -0.2) is 0 Å². The van der Waals surface area contributed by atoms with Crippen LogP contribution >= 0.6 is 24.0 Å². The molecule has 1 aliphatic heterocycles. The quantitative estimate of drug-likeness (QED) is 0.419. The van der Waals surface area contributed by atoms with E-state index in [0.717, 1.165) is 35.2 Å². The maximum atomic E-state index is 12.0. The number of amides is 1. The van der Waals surface area contributed by atoms with Gasteiger partial charge in [0.1, 0.15) is 0 Å². The summed E-state index contributed by atoms with van der Waals surface area (Å²) < 4.78 is 5.51. The molecule has 3 N–H and O–H groups in total. The third kappa shape index (κ3) is 5.29. The number of carbonyl (C=O) groups is 1. The van der Waals surface area contributed by atoms with Crippen molar-refractivity contribution in [1.82, 2.24) is 21.2 Å². The second kappa shape index (κ2) is 8.98. The summed E-state index contributed by atoms with van der Waals surface area (Å²) in [6, 6.07) is 9.84. The van der Waals surface area contributed by atoms with Crippen LogP contribution in [0.2, 0.25) is 0 Å². The van der Waals surface area contributed by atoms with E-state index in [4.69, 9.17) is 17.0 Å². The first kappa shape index (κ1) is 17.9. The minimum Gasteiger partial charge on any atom is -0.376 e. The van der Waals surface area contributed by atoms with E-state index in [-0.39, 0.29) is 17.8 Å². The summed E-state index contributed by atoms with van der Waals surface area (Å²) in [4.78, 5) is 17.4. The predicted octanol–water partition coefficient (Wildman–Crippen LogP) is 2.00. The fourth-order valence-electron chi connectivity index (χ4n) is 2.55. The van der Waals surface area contributed by atoms with Crippen LogP contribution in [0.1, 0.15) is 12.8 Å². The molecule has 1 aromatic carbocycles. The van der Waals surface area contributed by atoms with E-state index < -0.39 is 0 Å². The van der Waals surface area contributed by atoms with Gasteiger partial charge in [-0.3, -0.25) is 20.6 Å². The molecule has 1 atom stereocenters. The molecule has 1 fully saturated rings. The van der Waals surface area contributed by atoms with Gasteiger partial charge in [-0.15, -0.1) is 11.8 Å². The smallest absolute Gasteiger partial charge is 0.248 e. The molecule has 0 aliphatic carbocycles. The lowest BCUT2D eigenvalue weighted by atomic mass is 10.2. The number of thioether (sulfide) groups is 1. The average molecular weight is 377 g/mol. The largest absolute Gasteiger partial charge is 0.376 e. The number of hydrogen-bond donors (Lipinski definition) is 3. The number of pyridine rings is 1. The van der Waals surface area contributed by atoms with Crippen LogP contribution in [0.4, 0.5) is 0 Å². The van der Waals surface area contributed by atoms with Gasteiger partial charge in [0.25, 0.3) is 0 Å². The van der Waals surface area contributed by atoms with E-state index in [1.165, 1.54) is 11.8 Å².